The summed E-state index contributed by atoms with van der Waals surface area (Å²) in [5, 5.41) is 0. The zero-order valence-electron chi connectivity index (χ0n) is 13.2. The zero-order valence-corrected chi connectivity index (χ0v) is 14.0. The molecule has 0 aromatic rings. The van der Waals surface area contributed by atoms with Crippen molar-refractivity contribution in [3.63, 3.8) is 0 Å². The minimum Gasteiger partial charge on any atom is -0.244 e. The van der Waals surface area contributed by atoms with E-state index in [4.69, 9.17) is 0 Å². The molecular weight excluding hydrogens is 236 g/mol. The lowest BCUT2D eigenvalue weighted by Gasteiger charge is -2.33. The van der Waals surface area contributed by atoms with Crippen molar-refractivity contribution in [3.8, 4) is 0 Å². The van der Waals surface area contributed by atoms with Crippen molar-refractivity contribution in [1.82, 2.24) is 0 Å². The van der Waals surface area contributed by atoms with Gasteiger partial charge in [0.25, 0.3) is 0 Å². The van der Waals surface area contributed by atoms with Crippen LogP contribution >= 0.6 is 10.0 Å². The van der Waals surface area contributed by atoms with Gasteiger partial charge in [0, 0.05) is 0 Å². The third kappa shape index (κ3) is 8.02. The molecule has 0 saturated heterocycles. The van der Waals surface area contributed by atoms with Crippen molar-refractivity contribution in [2.24, 2.45) is 0 Å². The Balaban J connectivity index is 3.47. The highest BCUT2D eigenvalue weighted by atomic mass is 32.3. The first-order valence-electron chi connectivity index (χ1n) is 7.50. The van der Waals surface area contributed by atoms with Crippen LogP contribution in [-0.4, -0.2) is 23.5 Å². The fourth-order valence-corrected chi connectivity index (χ4v) is 3.91. The van der Waals surface area contributed by atoms with Gasteiger partial charge in [0.15, 0.2) is 0 Å². The topological polar surface area (TPSA) is 0 Å². The van der Waals surface area contributed by atoms with Gasteiger partial charge in [-0.05, 0) is 49.7 Å². The number of rotatable bonds is 11. The van der Waals surface area contributed by atoms with Gasteiger partial charge >= 0.3 is 0 Å². The van der Waals surface area contributed by atoms with Crippen molar-refractivity contribution in [3.05, 3.63) is 24.3 Å². The first-order valence-corrected chi connectivity index (χ1v) is 10.0. The fourth-order valence-electron chi connectivity index (χ4n) is 2.03. The van der Waals surface area contributed by atoms with Gasteiger partial charge in [-0.3, -0.25) is 0 Å². The number of unbranched alkanes of at least 4 members (excludes halogenated alkanes) is 4. The molecule has 0 bridgehead atoms. The Morgan fingerprint density at radius 3 is 1.89 bits per heavy atom. The lowest BCUT2D eigenvalue weighted by Crippen LogP contribution is -2.08. The van der Waals surface area contributed by atoms with Crippen LogP contribution in [0.1, 0.15) is 59.3 Å². The van der Waals surface area contributed by atoms with Gasteiger partial charge in [0.05, 0.1) is 0 Å². The Morgan fingerprint density at radius 2 is 1.39 bits per heavy atom. The first kappa shape index (κ1) is 17.8. The number of allylic oxidation sites excluding steroid dienone is 2. The Bertz CT molecular complexity index is 248. The Kier molecular flexibility index (Phi) is 9.63. The quantitative estimate of drug-likeness (QED) is 0.322. The molecule has 0 aliphatic heterocycles. The molecule has 0 nitrogen and oxygen atoms in total. The molecule has 0 aliphatic carbocycles. The summed E-state index contributed by atoms with van der Waals surface area (Å²) in [6.45, 7) is 14.8. The van der Waals surface area contributed by atoms with Crippen LogP contribution in [0, 0.1) is 0 Å². The summed E-state index contributed by atoms with van der Waals surface area (Å²) in [6.07, 6.45) is 10.6. The van der Waals surface area contributed by atoms with Gasteiger partial charge in [-0.1, -0.05) is 57.4 Å². The van der Waals surface area contributed by atoms with Gasteiger partial charge in [-0.15, -0.1) is 0 Å². The molecule has 0 radical (unpaired) electrons. The van der Waals surface area contributed by atoms with Crippen LogP contribution in [0.5, 0.6) is 0 Å². The smallest absolute Gasteiger partial charge is 0.0230 e. The predicted octanol–water partition coefficient (Wildman–Crippen LogP) is 5.93. The monoisotopic (exact) mass is 270 g/mol. The van der Waals surface area contributed by atoms with Crippen LogP contribution < -0.4 is 0 Å². The lowest BCUT2D eigenvalue weighted by molar-refractivity contribution is 0.634. The van der Waals surface area contributed by atoms with Crippen LogP contribution in [0.2, 0.25) is 0 Å². The summed E-state index contributed by atoms with van der Waals surface area (Å²) in [4.78, 5) is 0. The SMILES string of the molecule is C=C(C)C(=C)CCCCCCCS(C)(CC)CC. The molecule has 0 saturated carbocycles. The zero-order chi connectivity index (χ0) is 14.0. The fraction of sp³-hybridized carbons (Fsp3) is 0.765. The Hall–Kier alpha value is -0.170. The summed E-state index contributed by atoms with van der Waals surface area (Å²) in [6, 6.07) is 0. The van der Waals surface area contributed by atoms with E-state index in [-0.39, 0.29) is 10.0 Å². The molecule has 0 unspecified atom stereocenters. The molecule has 0 amide bonds. The molecule has 0 atom stereocenters. The average molecular weight is 271 g/mol. The minimum absolute atomic E-state index is 0.258. The second-order valence-corrected chi connectivity index (χ2v) is 10.2. The van der Waals surface area contributed by atoms with E-state index in [1.54, 1.807) is 0 Å². The van der Waals surface area contributed by atoms with Gasteiger partial charge in [0.1, 0.15) is 0 Å². The maximum Gasteiger partial charge on any atom is -0.0230 e. The third-order valence-corrected chi connectivity index (χ3v) is 8.18. The van der Waals surface area contributed by atoms with Crippen LogP contribution in [0.3, 0.4) is 0 Å². The van der Waals surface area contributed by atoms with E-state index in [9.17, 15) is 0 Å². The normalized spacial score (nSPS) is 12.4. The molecule has 0 aromatic heterocycles. The molecule has 0 N–H and O–H groups in total. The molecular formula is C17H34S. The number of hydrogen-bond acceptors (Lipinski definition) is 0. The largest absolute Gasteiger partial charge is 0.244 e. The number of hydrogen-bond donors (Lipinski definition) is 0. The second kappa shape index (κ2) is 9.72. The van der Waals surface area contributed by atoms with Crippen molar-refractivity contribution < 1.29 is 0 Å². The molecule has 0 aromatic carbocycles. The van der Waals surface area contributed by atoms with E-state index in [0.29, 0.717) is 0 Å². The van der Waals surface area contributed by atoms with E-state index in [0.717, 1.165) is 12.0 Å². The molecule has 0 rings (SSSR count). The first-order chi connectivity index (χ1) is 8.45. The predicted molar refractivity (Wildman–Crippen MR) is 91.1 cm³/mol. The molecule has 18 heavy (non-hydrogen) atoms. The van der Waals surface area contributed by atoms with Crippen molar-refractivity contribution in [1.29, 1.82) is 0 Å². The molecule has 108 valence electrons. The van der Waals surface area contributed by atoms with E-state index >= 15 is 0 Å². The van der Waals surface area contributed by atoms with Gasteiger partial charge < -0.3 is 0 Å². The Labute approximate surface area is 117 Å². The molecule has 0 spiro atoms. The van der Waals surface area contributed by atoms with E-state index in [1.807, 2.05) is 0 Å². The maximum atomic E-state index is 4.05. The summed E-state index contributed by atoms with van der Waals surface area (Å²) in [5.74, 6) is 4.29. The van der Waals surface area contributed by atoms with Gasteiger partial charge in [0.2, 0.25) is 0 Å². The van der Waals surface area contributed by atoms with Crippen LogP contribution in [-0.2, 0) is 0 Å². The van der Waals surface area contributed by atoms with E-state index < -0.39 is 0 Å². The van der Waals surface area contributed by atoms with E-state index in [2.05, 4.69) is 40.2 Å². The van der Waals surface area contributed by atoms with Crippen molar-refractivity contribution in [2.75, 3.05) is 23.5 Å². The van der Waals surface area contributed by atoms with Crippen molar-refractivity contribution >= 4 is 10.0 Å². The van der Waals surface area contributed by atoms with Crippen molar-refractivity contribution in [2.45, 2.75) is 59.3 Å². The van der Waals surface area contributed by atoms with Crippen LogP contribution in [0.15, 0.2) is 24.3 Å². The summed E-state index contributed by atoms with van der Waals surface area (Å²) in [5.41, 5.74) is 2.39. The van der Waals surface area contributed by atoms with Crippen LogP contribution in [0.25, 0.3) is 0 Å². The standard InChI is InChI=1S/C17H34S/c1-7-18(6,8-2)15-13-11-9-10-12-14-17(5)16(3)4/h3,5,7-15H2,1-2,4,6H3. The summed E-state index contributed by atoms with van der Waals surface area (Å²) < 4.78 is 0. The summed E-state index contributed by atoms with van der Waals surface area (Å²) >= 11 is 0. The highest BCUT2D eigenvalue weighted by molar-refractivity contribution is 8.33. The average Bonchev–Trinajstić information content (AvgIpc) is 2.36. The second-order valence-electron chi connectivity index (χ2n) is 5.66. The molecule has 1 heteroatoms. The highest BCUT2D eigenvalue weighted by Crippen LogP contribution is 2.43. The molecule has 0 heterocycles. The Morgan fingerprint density at radius 1 is 0.889 bits per heavy atom. The van der Waals surface area contributed by atoms with E-state index in [1.165, 1.54) is 54.9 Å². The summed E-state index contributed by atoms with van der Waals surface area (Å²) in [7, 11) is -0.258. The van der Waals surface area contributed by atoms with Gasteiger partial charge in [-0.25, -0.2) is 10.0 Å². The van der Waals surface area contributed by atoms with Crippen LogP contribution in [0.4, 0.5) is 0 Å². The molecule has 0 aliphatic rings. The third-order valence-electron chi connectivity index (χ3n) is 4.11. The highest BCUT2D eigenvalue weighted by Gasteiger charge is 2.11. The maximum absolute atomic E-state index is 4.05. The van der Waals surface area contributed by atoms with Gasteiger partial charge in [-0.2, -0.15) is 0 Å². The minimum atomic E-state index is -0.258. The lowest BCUT2D eigenvalue weighted by atomic mass is 10.0. The molecule has 0 fully saturated rings.